The van der Waals surface area contributed by atoms with Crippen LogP contribution in [0.15, 0.2) is 30.3 Å². The summed E-state index contributed by atoms with van der Waals surface area (Å²) in [5, 5.41) is 9.24. The molecule has 1 unspecified atom stereocenters. The van der Waals surface area contributed by atoms with Gasteiger partial charge in [0.05, 0.1) is 5.41 Å². The fourth-order valence-corrected chi connectivity index (χ4v) is 1.96. The molecule has 1 aromatic rings. The maximum Gasteiger partial charge on any atom is 0.309 e. The van der Waals surface area contributed by atoms with Gasteiger partial charge in [0.1, 0.15) is 0 Å². The standard InChI is InChI=1S/C14H20O2/c1-3-10-14(2,13(15)16)11-9-12-7-5-4-6-8-12/h4-8H,3,9-11H2,1-2H3,(H,15,16). The van der Waals surface area contributed by atoms with Gasteiger partial charge in [0.25, 0.3) is 0 Å². The lowest BCUT2D eigenvalue weighted by Crippen LogP contribution is -2.28. The van der Waals surface area contributed by atoms with Gasteiger partial charge in [-0.1, -0.05) is 43.7 Å². The molecule has 1 aromatic carbocycles. The summed E-state index contributed by atoms with van der Waals surface area (Å²) in [6.45, 7) is 3.88. The van der Waals surface area contributed by atoms with Gasteiger partial charge >= 0.3 is 5.97 Å². The van der Waals surface area contributed by atoms with Crippen molar-refractivity contribution < 1.29 is 9.90 Å². The summed E-state index contributed by atoms with van der Waals surface area (Å²) in [5.74, 6) is -0.676. The van der Waals surface area contributed by atoms with Crippen LogP contribution in [0.5, 0.6) is 0 Å². The van der Waals surface area contributed by atoms with Crippen molar-refractivity contribution in [2.75, 3.05) is 0 Å². The van der Waals surface area contributed by atoms with Crippen LogP contribution in [0.1, 0.15) is 38.7 Å². The molecule has 1 N–H and O–H groups in total. The van der Waals surface area contributed by atoms with Crippen molar-refractivity contribution in [1.82, 2.24) is 0 Å². The number of carboxylic acid groups (broad SMARTS) is 1. The highest BCUT2D eigenvalue weighted by Crippen LogP contribution is 2.29. The monoisotopic (exact) mass is 220 g/mol. The molecule has 2 heteroatoms. The highest BCUT2D eigenvalue weighted by molar-refractivity contribution is 5.74. The summed E-state index contributed by atoms with van der Waals surface area (Å²) in [6.07, 6.45) is 3.20. The number of carboxylic acids is 1. The lowest BCUT2D eigenvalue weighted by atomic mass is 9.80. The second-order valence-electron chi connectivity index (χ2n) is 4.60. The van der Waals surface area contributed by atoms with Crippen molar-refractivity contribution in [3.8, 4) is 0 Å². The van der Waals surface area contributed by atoms with E-state index in [0.717, 1.165) is 19.3 Å². The summed E-state index contributed by atoms with van der Waals surface area (Å²) in [4.78, 5) is 11.2. The van der Waals surface area contributed by atoms with Crippen LogP contribution in [-0.2, 0) is 11.2 Å². The molecule has 2 nitrogen and oxygen atoms in total. The Labute approximate surface area is 97.3 Å². The van der Waals surface area contributed by atoms with Gasteiger partial charge in [-0.2, -0.15) is 0 Å². The van der Waals surface area contributed by atoms with Crippen LogP contribution in [0, 0.1) is 5.41 Å². The van der Waals surface area contributed by atoms with E-state index >= 15 is 0 Å². The fourth-order valence-electron chi connectivity index (χ4n) is 1.96. The van der Waals surface area contributed by atoms with Gasteiger partial charge in [0.15, 0.2) is 0 Å². The van der Waals surface area contributed by atoms with Crippen LogP contribution in [-0.4, -0.2) is 11.1 Å². The zero-order chi connectivity index (χ0) is 12.0. The number of rotatable bonds is 6. The van der Waals surface area contributed by atoms with E-state index in [2.05, 4.69) is 0 Å². The van der Waals surface area contributed by atoms with Gasteiger partial charge < -0.3 is 5.11 Å². The zero-order valence-electron chi connectivity index (χ0n) is 10.1. The van der Waals surface area contributed by atoms with Crippen LogP contribution in [0.2, 0.25) is 0 Å². The molecule has 0 aliphatic rings. The minimum Gasteiger partial charge on any atom is -0.481 e. The molecular weight excluding hydrogens is 200 g/mol. The third-order valence-corrected chi connectivity index (χ3v) is 3.13. The molecule has 0 amide bonds. The molecule has 1 rings (SSSR count). The van der Waals surface area contributed by atoms with Crippen molar-refractivity contribution in [3.63, 3.8) is 0 Å². The maximum atomic E-state index is 11.2. The SMILES string of the molecule is CCCC(C)(CCc1ccccc1)C(=O)O. The molecule has 0 aliphatic carbocycles. The minimum absolute atomic E-state index is 0.579. The first-order chi connectivity index (χ1) is 7.58. The lowest BCUT2D eigenvalue weighted by Gasteiger charge is -2.24. The first kappa shape index (κ1) is 12.8. The van der Waals surface area contributed by atoms with Gasteiger partial charge in [0.2, 0.25) is 0 Å². The second kappa shape index (κ2) is 5.69. The van der Waals surface area contributed by atoms with E-state index in [-0.39, 0.29) is 0 Å². The average Bonchev–Trinajstić information content (AvgIpc) is 2.28. The quantitative estimate of drug-likeness (QED) is 0.796. The number of hydrogen-bond donors (Lipinski definition) is 1. The lowest BCUT2D eigenvalue weighted by molar-refractivity contribution is -0.148. The zero-order valence-corrected chi connectivity index (χ0v) is 10.1. The summed E-state index contributed by atoms with van der Waals surface area (Å²) in [7, 11) is 0. The summed E-state index contributed by atoms with van der Waals surface area (Å²) >= 11 is 0. The van der Waals surface area contributed by atoms with Gasteiger partial charge in [-0.25, -0.2) is 0 Å². The first-order valence-corrected chi connectivity index (χ1v) is 5.86. The third kappa shape index (κ3) is 3.37. The largest absolute Gasteiger partial charge is 0.481 e. The van der Waals surface area contributed by atoms with E-state index in [1.165, 1.54) is 5.56 Å². The van der Waals surface area contributed by atoms with Gasteiger partial charge in [-0.15, -0.1) is 0 Å². The van der Waals surface area contributed by atoms with Gasteiger partial charge in [-0.3, -0.25) is 4.79 Å². The first-order valence-electron chi connectivity index (χ1n) is 5.86. The number of benzene rings is 1. The minimum atomic E-state index is -0.676. The van der Waals surface area contributed by atoms with Gasteiger partial charge in [0, 0.05) is 0 Å². The van der Waals surface area contributed by atoms with Crippen molar-refractivity contribution in [2.45, 2.75) is 39.5 Å². The van der Waals surface area contributed by atoms with E-state index < -0.39 is 11.4 Å². The second-order valence-corrected chi connectivity index (χ2v) is 4.60. The van der Waals surface area contributed by atoms with Crippen LogP contribution in [0.3, 0.4) is 0 Å². The Bertz CT molecular complexity index is 332. The predicted molar refractivity (Wildman–Crippen MR) is 65.4 cm³/mol. The Kier molecular flexibility index (Phi) is 4.53. The van der Waals surface area contributed by atoms with E-state index in [4.69, 9.17) is 0 Å². The average molecular weight is 220 g/mol. The molecule has 16 heavy (non-hydrogen) atoms. The number of carbonyl (C=O) groups is 1. The molecule has 0 radical (unpaired) electrons. The Balaban J connectivity index is 2.60. The highest BCUT2D eigenvalue weighted by atomic mass is 16.4. The van der Waals surface area contributed by atoms with Crippen LogP contribution < -0.4 is 0 Å². The van der Waals surface area contributed by atoms with Gasteiger partial charge in [-0.05, 0) is 31.7 Å². The summed E-state index contributed by atoms with van der Waals surface area (Å²) in [6, 6.07) is 10.1. The van der Waals surface area contributed by atoms with Crippen LogP contribution in [0.4, 0.5) is 0 Å². The summed E-state index contributed by atoms with van der Waals surface area (Å²) in [5.41, 5.74) is 0.635. The molecule has 0 fully saturated rings. The van der Waals surface area contributed by atoms with E-state index in [1.54, 1.807) is 0 Å². The Morgan fingerprint density at radius 2 is 1.88 bits per heavy atom. The Morgan fingerprint density at radius 3 is 2.38 bits per heavy atom. The predicted octanol–water partition coefficient (Wildman–Crippen LogP) is 3.51. The molecule has 1 atom stereocenters. The molecule has 0 saturated heterocycles. The molecule has 0 saturated carbocycles. The van der Waals surface area contributed by atoms with Crippen molar-refractivity contribution in [3.05, 3.63) is 35.9 Å². The molecule has 0 aromatic heterocycles. The number of hydrogen-bond acceptors (Lipinski definition) is 1. The highest BCUT2D eigenvalue weighted by Gasteiger charge is 2.31. The smallest absolute Gasteiger partial charge is 0.309 e. The van der Waals surface area contributed by atoms with E-state index in [0.29, 0.717) is 6.42 Å². The van der Waals surface area contributed by atoms with Crippen molar-refractivity contribution in [2.24, 2.45) is 5.41 Å². The maximum absolute atomic E-state index is 11.2. The Morgan fingerprint density at radius 1 is 1.25 bits per heavy atom. The third-order valence-electron chi connectivity index (χ3n) is 3.13. The van der Waals surface area contributed by atoms with E-state index in [9.17, 15) is 9.90 Å². The van der Waals surface area contributed by atoms with Crippen molar-refractivity contribution in [1.29, 1.82) is 0 Å². The Hall–Kier alpha value is -1.31. The van der Waals surface area contributed by atoms with E-state index in [1.807, 2.05) is 44.2 Å². The molecule has 0 bridgehead atoms. The van der Waals surface area contributed by atoms with Crippen LogP contribution in [0.25, 0.3) is 0 Å². The topological polar surface area (TPSA) is 37.3 Å². The number of aryl methyl sites for hydroxylation is 1. The molecule has 0 heterocycles. The molecule has 0 spiro atoms. The van der Waals surface area contributed by atoms with Crippen molar-refractivity contribution >= 4 is 5.97 Å². The summed E-state index contributed by atoms with van der Waals surface area (Å²) < 4.78 is 0. The number of aliphatic carboxylic acids is 1. The van der Waals surface area contributed by atoms with Crippen LogP contribution >= 0.6 is 0 Å². The molecular formula is C14H20O2. The normalized spacial score (nSPS) is 14.4. The fraction of sp³-hybridized carbons (Fsp3) is 0.500. The molecule has 0 aliphatic heterocycles. The molecule has 88 valence electrons.